The van der Waals surface area contributed by atoms with Gasteiger partial charge in [-0.05, 0) is 6.92 Å². The summed E-state index contributed by atoms with van der Waals surface area (Å²) in [6, 6.07) is 0. The Hall–Kier alpha value is -0.370. The SMILES string of the molecule is [CH2]C(O)C[C]=O. The summed E-state index contributed by atoms with van der Waals surface area (Å²) in [5.41, 5.74) is 0. The molecule has 0 aromatic rings. The van der Waals surface area contributed by atoms with Gasteiger partial charge in [-0.2, -0.15) is 0 Å². The molecule has 0 fully saturated rings. The molecule has 2 nitrogen and oxygen atoms in total. The summed E-state index contributed by atoms with van der Waals surface area (Å²) in [4.78, 5) is 9.29. The monoisotopic (exact) mass is 86.0 g/mol. The van der Waals surface area contributed by atoms with Gasteiger partial charge in [-0.1, -0.05) is 0 Å². The van der Waals surface area contributed by atoms with E-state index in [1.165, 1.54) is 6.29 Å². The maximum Gasteiger partial charge on any atom is 0.201 e. The van der Waals surface area contributed by atoms with Gasteiger partial charge in [0.15, 0.2) is 0 Å². The van der Waals surface area contributed by atoms with Crippen LogP contribution in [0.2, 0.25) is 0 Å². The Balaban J connectivity index is 2.81. The fourth-order valence-corrected chi connectivity index (χ4v) is 0.0962. The normalized spacial score (nSPS) is 13.7. The predicted octanol–water partition coefficient (Wildman–Crippen LogP) is -0.319. The van der Waals surface area contributed by atoms with Crippen LogP contribution in [0.15, 0.2) is 0 Å². The van der Waals surface area contributed by atoms with Crippen molar-refractivity contribution in [1.82, 2.24) is 0 Å². The molecule has 0 heterocycles. The first-order chi connectivity index (χ1) is 2.77. The van der Waals surface area contributed by atoms with Gasteiger partial charge in [-0.15, -0.1) is 0 Å². The van der Waals surface area contributed by atoms with Crippen LogP contribution in [0.1, 0.15) is 6.42 Å². The van der Waals surface area contributed by atoms with Crippen LogP contribution in [-0.2, 0) is 4.79 Å². The van der Waals surface area contributed by atoms with Crippen molar-refractivity contribution in [3.05, 3.63) is 6.92 Å². The Morgan fingerprint density at radius 1 is 2.00 bits per heavy atom. The Morgan fingerprint density at radius 2 is 2.50 bits per heavy atom. The highest BCUT2D eigenvalue weighted by molar-refractivity contribution is 5.51. The molecule has 0 saturated heterocycles. The second-order valence-electron chi connectivity index (χ2n) is 1.00. The molecule has 2 radical (unpaired) electrons. The molecule has 0 aliphatic carbocycles. The fraction of sp³-hybridized carbons (Fsp3) is 0.500. The average molecular weight is 86.1 g/mol. The zero-order valence-corrected chi connectivity index (χ0v) is 3.35. The molecule has 34 valence electrons. The number of carbonyl (C=O) groups excluding carboxylic acids is 1. The predicted molar refractivity (Wildman–Crippen MR) is 21.7 cm³/mol. The van der Waals surface area contributed by atoms with Gasteiger partial charge < -0.3 is 5.11 Å². The lowest BCUT2D eigenvalue weighted by molar-refractivity contribution is 0.227. The molecule has 1 unspecified atom stereocenters. The third kappa shape index (κ3) is 3.63. The molecule has 1 N–H and O–H groups in total. The summed E-state index contributed by atoms with van der Waals surface area (Å²) < 4.78 is 0. The average Bonchev–Trinajstić information content (AvgIpc) is 1.35. The Labute approximate surface area is 36.8 Å². The number of rotatable bonds is 2. The molecule has 0 bridgehead atoms. The third-order valence-corrected chi connectivity index (χ3v) is 0.319. The van der Waals surface area contributed by atoms with Crippen LogP contribution in [0.5, 0.6) is 0 Å². The van der Waals surface area contributed by atoms with E-state index in [1.807, 2.05) is 0 Å². The summed E-state index contributed by atoms with van der Waals surface area (Å²) in [7, 11) is 0. The molecule has 0 aromatic carbocycles. The maximum absolute atomic E-state index is 9.29. The lowest BCUT2D eigenvalue weighted by Gasteiger charge is -1.88. The first-order valence-corrected chi connectivity index (χ1v) is 1.63. The van der Waals surface area contributed by atoms with E-state index < -0.39 is 6.10 Å². The molecular formula is C4H6O2. The van der Waals surface area contributed by atoms with E-state index in [4.69, 9.17) is 5.11 Å². The Kier molecular flexibility index (Phi) is 2.67. The standard InChI is InChI=1S/C4H6O2/c1-4(6)2-3-5/h4,6H,1-2H2. The van der Waals surface area contributed by atoms with E-state index in [-0.39, 0.29) is 6.42 Å². The van der Waals surface area contributed by atoms with Crippen LogP contribution in [0.25, 0.3) is 0 Å². The highest BCUT2D eigenvalue weighted by Crippen LogP contribution is 1.79. The Bertz CT molecular complexity index is 40.8. The summed E-state index contributed by atoms with van der Waals surface area (Å²) in [5, 5.41) is 8.18. The molecule has 0 amide bonds. The lowest BCUT2D eigenvalue weighted by Crippen LogP contribution is -1.98. The van der Waals surface area contributed by atoms with Crippen molar-refractivity contribution in [2.75, 3.05) is 0 Å². The second-order valence-corrected chi connectivity index (χ2v) is 1.00. The van der Waals surface area contributed by atoms with E-state index in [9.17, 15) is 4.79 Å². The minimum Gasteiger partial charge on any atom is -0.393 e. The van der Waals surface area contributed by atoms with Crippen molar-refractivity contribution in [3.63, 3.8) is 0 Å². The van der Waals surface area contributed by atoms with Crippen LogP contribution < -0.4 is 0 Å². The zero-order chi connectivity index (χ0) is 4.99. The molecule has 0 aliphatic heterocycles. The maximum atomic E-state index is 9.29. The van der Waals surface area contributed by atoms with Gasteiger partial charge in [0.05, 0.1) is 6.10 Å². The van der Waals surface area contributed by atoms with Crippen LogP contribution in [0, 0.1) is 6.92 Å². The van der Waals surface area contributed by atoms with Crippen LogP contribution in [0.4, 0.5) is 0 Å². The number of aliphatic hydroxyl groups excluding tert-OH is 1. The largest absolute Gasteiger partial charge is 0.393 e. The van der Waals surface area contributed by atoms with E-state index in [0.717, 1.165) is 0 Å². The molecule has 6 heavy (non-hydrogen) atoms. The first kappa shape index (κ1) is 5.63. The fourth-order valence-electron chi connectivity index (χ4n) is 0.0962. The molecule has 2 heteroatoms. The summed E-state index contributed by atoms with van der Waals surface area (Å²) >= 11 is 0. The third-order valence-electron chi connectivity index (χ3n) is 0.319. The number of hydrogen-bond donors (Lipinski definition) is 1. The number of hydrogen-bond acceptors (Lipinski definition) is 2. The van der Waals surface area contributed by atoms with Crippen molar-refractivity contribution < 1.29 is 9.90 Å². The zero-order valence-electron chi connectivity index (χ0n) is 3.35. The van der Waals surface area contributed by atoms with E-state index in [1.54, 1.807) is 0 Å². The second kappa shape index (κ2) is 2.85. The smallest absolute Gasteiger partial charge is 0.201 e. The first-order valence-electron chi connectivity index (χ1n) is 1.63. The highest BCUT2D eigenvalue weighted by Gasteiger charge is 1.89. The minimum absolute atomic E-state index is 0.0139. The van der Waals surface area contributed by atoms with E-state index >= 15 is 0 Å². The van der Waals surface area contributed by atoms with Crippen molar-refractivity contribution in [1.29, 1.82) is 0 Å². The molecule has 0 saturated carbocycles. The van der Waals surface area contributed by atoms with Gasteiger partial charge >= 0.3 is 0 Å². The van der Waals surface area contributed by atoms with E-state index in [0.29, 0.717) is 0 Å². The van der Waals surface area contributed by atoms with Gasteiger partial charge in [0.1, 0.15) is 0 Å². The van der Waals surface area contributed by atoms with E-state index in [2.05, 4.69) is 6.92 Å². The van der Waals surface area contributed by atoms with Crippen molar-refractivity contribution in [2.45, 2.75) is 12.5 Å². The summed E-state index contributed by atoms with van der Waals surface area (Å²) in [6.45, 7) is 3.12. The van der Waals surface area contributed by atoms with Crippen molar-refractivity contribution >= 4 is 6.29 Å². The molecule has 0 aliphatic rings. The molecule has 0 aromatic heterocycles. The van der Waals surface area contributed by atoms with Crippen molar-refractivity contribution in [2.24, 2.45) is 0 Å². The summed E-state index contributed by atoms with van der Waals surface area (Å²) in [6.07, 6.45) is 0.743. The molecule has 1 atom stereocenters. The topological polar surface area (TPSA) is 37.3 Å². The van der Waals surface area contributed by atoms with Gasteiger partial charge in [0.25, 0.3) is 0 Å². The quantitative estimate of drug-likeness (QED) is 0.500. The lowest BCUT2D eigenvalue weighted by atomic mass is 10.3. The van der Waals surface area contributed by atoms with Crippen LogP contribution in [0.3, 0.4) is 0 Å². The van der Waals surface area contributed by atoms with Gasteiger partial charge in [-0.25, -0.2) is 0 Å². The Morgan fingerprint density at radius 3 is 2.50 bits per heavy atom. The van der Waals surface area contributed by atoms with Gasteiger partial charge in [0.2, 0.25) is 6.29 Å². The van der Waals surface area contributed by atoms with Gasteiger partial charge in [0, 0.05) is 6.42 Å². The molecule has 0 spiro atoms. The molecule has 0 rings (SSSR count). The summed E-state index contributed by atoms with van der Waals surface area (Å²) in [5.74, 6) is 0. The van der Waals surface area contributed by atoms with Crippen LogP contribution >= 0.6 is 0 Å². The minimum atomic E-state index is -0.775. The van der Waals surface area contributed by atoms with Crippen molar-refractivity contribution in [3.8, 4) is 0 Å². The molecular weight excluding hydrogens is 80.0 g/mol. The van der Waals surface area contributed by atoms with Crippen LogP contribution in [-0.4, -0.2) is 17.5 Å². The highest BCUT2D eigenvalue weighted by atomic mass is 16.3. The van der Waals surface area contributed by atoms with Gasteiger partial charge in [-0.3, -0.25) is 4.79 Å². The number of aliphatic hydroxyl groups is 1.